The number of aromatic nitrogens is 1. The highest BCUT2D eigenvalue weighted by atomic mass is 19.1. The molecule has 2 atom stereocenters. The Labute approximate surface area is 214 Å². The summed E-state index contributed by atoms with van der Waals surface area (Å²) in [6.07, 6.45) is 1.01. The molecule has 1 saturated heterocycles. The Morgan fingerprint density at radius 3 is 2.57 bits per heavy atom. The van der Waals surface area contributed by atoms with Gasteiger partial charge in [-0.1, -0.05) is 48.5 Å². The number of para-hydroxylation sites is 2. The number of benzene rings is 3. The predicted octanol–water partition coefficient (Wildman–Crippen LogP) is 4.63. The van der Waals surface area contributed by atoms with Crippen molar-refractivity contribution >= 4 is 22.7 Å². The minimum absolute atomic E-state index is 0.0133. The van der Waals surface area contributed by atoms with E-state index in [-0.39, 0.29) is 24.2 Å². The van der Waals surface area contributed by atoms with Gasteiger partial charge in [-0.15, -0.1) is 0 Å². The number of nitrogens with one attached hydrogen (secondary N) is 1. The number of aromatic amines is 1. The first-order valence-electron chi connectivity index (χ1n) is 12.7. The van der Waals surface area contributed by atoms with Gasteiger partial charge in [-0.05, 0) is 48.7 Å². The lowest BCUT2D eigenvalue weighted by Gasteiger charge is -2.47. The number of H-pyrrole nitrogens is 1. The summed E-state index contributed by atoms with van der Waals surface area (Å²) in [5.41, 5.74) is 4.78. The van der Waals surface area contributed by atoms with E-state index in [9.17, 15) is 14.0 Å². The first-order chi connectivity index (χ1) is 18.0. The number of rotatable bonds is 6. The number of carbonyl (C=O) groups is 2. The second-order valence-electron chi connectivity index (χ2n) is 9.59. The normalized spacial score (nSPS) is 19.2. The van der Waals surface area contributed by atoms with Gasteiger partial charge in [-0.25, -0.2) is 4.39 Å². The third kappa shape index (κ3) is 4.04. The van der Waals surface area contributed by atoms with Gasteiger partial charge in [0.05, 0.1) is 13.2 Å². The van der Waals surface area contributed by atoms with Gasteiger partial charge in [0.1, 0.15) is 23.7 Å². The van der Waals surface area contributed by atoms with E-state index < -0.39 is 12.1 Å². The summed E-state index contributed by atoms with van der Waals surface area (Å²) >= 11 is 0. The van der Waals surface area contributed by atoms with Crippen LogP contribution in [-0.2, 0) is 22.4 Å². The lowest BCUT2D eigenvalue weighted by atomic mass is 9.86. The lowest BCUT2D eigenvalue weighted by molar-refractivity contribution is -0.158. The first kappa shape index (κ1) is 23.3. The molecule has 2 amide bonds. The van der Waals surface area contributed by atoms with Crippen LogP contribution in [0.5, 0.6) is 5.75 Å². The van der Waals surface area contributed by atoms with E-state index in [2.05, 4.69) is 11.1 Å². The molecule has 7 heteroatoms. The van der Waals surface area contributed by atoms with Gasteiger partial charge in [0.15, 0.2) is 0 Å². The smallest absolute Gasteiger partial charge is 0.246 e. The van der Waals surface area contributed by atoms with Gasteiger partial charge in [-0.2, -0.15) is 0 Å². The highest BCUT2D eigenvalue weighted by Gasteiger charge is 2.48. The molecule has 1 N–H and O–H groups in total. The molecule has 2 unspecified atom stereocenters. The number of ether oxygens (including phenoxy) is 1. The van der Waals surface area contributed by atoms with Crippen molar-refractivity contribution in [3.8, 4) is 5.75 Å². The van der Waals surface area contributed by atoms with Crippen molar-refractivity contribution in [1.82, 2.24) is 14.8 Å². The maximum Gasteiger partial charge on any atom is 0.246 e. The van der Waals surface area contributed by atoms with Crippen molar-refractivity contribution in [1.29, 1.82) is 0 Å². The van der Waals surface area contributed by atoms with E-state index in [1.807, 2.05) is 49.4 Å². The zero-order valence-electron chi connectivity index (χ0n) is 20.6. The Kier molecular flexibility index (Phi) is 5.91. The van der Waals surface area contributed by atoms with Crippen molar-refractivity contribution in [3.63, 3.8) is 0 Å². The zero-order valence-corrected chi connectivity index (χ0v) is 20.6. The van der Waals surface area contributed by atoms with Crippen LogP contribution in [0.4, 0.5) is 4.39 Å². The maximum absolute atomic E-state index is 13.9. The molecule has 2 aliphatic rings. The standard InChI is InChI=1S/C30H28FN3O3/c1-2-37-26-10-6-4-8-22(26)29-28-23(21-7-3-5-9-24(21)32-28)17-25-30(36)33(18-27(35)34(25)29)16-15-19-11-13-20(31)14-12-19/h3-14,25,29,32H,2,15-18H2,1H3. The van der Waals surface area contributed by atoms with E-state index in [0.717, 1.165) is 33.3 Å². The van der Waals surface area contributed by atoms with E-state index in [4.69, 9.17) is 4.74 Å². The largest absolute Gasteiger partial charge is 0.494 e. The molecular weight excluding hydrogens is 469 g/mol. The molecule has 3 heterocycles. The highest BCUT2D eigenvalue weighted by molar-refractivity contribution is 5.97. The van der Waals surface area contributed by atoms with Crippen molar-refractivity contribution in [2.24, 2.45) is 0 Å². The molecule has 4 aromatic rings. The molecule has 6 rings (SSSR count). The third-order valence-corrected chi connectivity index (χ3v) is 7.44. The van der Waals surface area contributed by atoms with Gasteiger partial charge < -0.3 is 19.5 Å². The minimum atomic E-state index is -0.610. The van der Waals surface area contributed by atoms with Gasteiger partial charge >= 0.3 is 0 Å². The van der Waals surface area contributed by atoms with Crippen LogP contribution in [0, 0.1) is 5.82 Å². The summed E-state index contributed by atoms with van der Waals surface area (Å²) in [6, 6.07) is 21.0. The molecule has 3 aromatic carbocycles. The summed E-state index contributed by atoms with van der Waals surface area (Å²) in [4.78, 5) is 34.6. The number of fused-ring (bicyclic) bond motifs is 4. The summed E-state index contributed by atoms with van der Waals surface area (Å²) in [5.74, 6) is 0.263. The van der Waals surface area contributed by atoms with Gasteiger partial charge in [0, 0.05) is 35.1 Å². The van der Waals surface area contributed by atoms with Crippen LogP contribution in [-0.4, -0.2) is 52.3 Å². The third-order valence-electron chi connectivity index (χ3n) is 7.44. The molecule has 1 fully saturated rings. The summed E-state index contributed by atoms with van der Waals surface area (Å²) in [5, 5.41) is 1.07. The molecule has 0 bridgehead atoms. The van der Waals surface area contributed by atoms with Crippen LogP contribution in [0.3, 0.4) is 0 Å². The fourth-order valence-corrected chi connectivity index (χ4v) is 5.75. The van der Waals surface area contributed by atoms with Crippen molar-refractivity contribution in [2.75, 3.05) is 19.7 Å². The molecule has 0 spiro atoms. The number of hydrogen-bond acceptors (Lipinski definition) is 3. The number of carbonyl (C=O) groups excluding carboxylic acids is 2. The number of nitrogens with zero attached hydrogens (tertiary/aromatic N) is 2. The summed E-state index contributed by atoms with van der Waals surface area (Å²) in [6.45, 7) is 2.85. The van der Waals surface area contributed by atoms with Crippen molar-refractivity contribution < 1.29 is 18.7 Å². The first-order valence-corrected chi connectivity index (χ1v) is 12.7. The van der Waals surface area contributed by atoms with Gasteiger partial charge in [0.2, 0.25) is 11.8 Å². The molecule has 188 valence electrons. The molecule has 37 heavy (non-hydrogen) atoms. The van der Waals surface area contributed by atoms with E-state index >= 15 is 0 Å². The Morgan fingerprint density at radius 2 is 1.76 bits per heavy atom. The van der Waals surface area contributed by atoms with Crippen LogP contribution >= 0.6 is 0 Å². The van der Waals surface area contributed by atoms with Gasteiger partial charge in [-0.3, -0.25) is 9.59 Å². The fraction of sp³-hybridized carbons (Fsp3) is 0.267. The van der Waals surface area contributed by atoms with Crippen LogP contribution < -0.4 is 4.74 Å². The Morgan fingerprint density at radius 1 is 1.00 bits per heavy atom. The molecule has 0 saturated carbocycles. The van der Waals surface area contributed by atoms with Crippen molar-refractivity contribution in [2.45, 2.75) is 31.8 Å². The second-order valence-corrected chi connectivity index (χ2v) is 9.59. The van der Waals surface area contributed by atoms with Crippen LogP contribution in [0.15, 0.2) is 72.8 Å². The summed E-state index contributed by atoms with van der Waals surface area (Å²) in [7, 11) is 0. The molecule has 0 aliphatic carbocycles. The number of amides is 2. The van der Waals surface area contributed by atoms with Crippen LogP contribution in [0.1, 0.15) is 35.3 Å². The lowest BCUT2D eigenvalue weighted by Crippen LogP contribution is -2.63. The maximum atomic E-state index is 13.9. The number of hydrogen-bond donors (Lipinski definition) is 1. The Balaban J connectivity index is 1.40. The van der Waals surface area contributed by atoms with Crippen LogP contribution in [0.25, 0.3) is 10.9 Å². The van der Waals surface area contributed by atoms with Gasteiger partial charge in [0.25, 0.3) is 0 Å². The number of halogens is 1. The average Bonchev–Trinajstić information content (AvgIpc) is 3.29. The van der Waals surface area contributed by atoms with E-state index in [1.54, 1.807) is 21.9 Å². The molecule has 1 aromatic heterocycles. The average molecular weight is 498 g/mol. The number of piperazine rings is 1. The molecule has 6 nitrogen and oxygen atoms in total. The predicted molar refractivity (Wildman–Crippen MR) is 139 cm³/mol. The quantitative estimate of drug-likeness (QED) is 0.422. The minimum Gasteiger partial charge on any atom is -0.494 e. The topological polar surface area (TPSA) is 65.6 Å². The van der Waals surface area contributed by atoms with Crippen molar-refractivity contribution in [3.05, 3.63) is 101 Å². The molecule has 0 radical (unpaired) electrons. The van der Waals surface area contributed by atoms with Crippen LogP contribution in [0.2, 0.25) is 0 Å². The van der Waals surface area contributed by atoms with E-state index in [1.165, 1.54) is 12.1 Å². The fourth-order valence-electron chi connectivity index (χ4n) is 5.75. The molecule has 2 aliphatic heterocycles. The molecular formula is C30H28FN3O3. The monoisotopic (exact) mass is 497 g/mol. The van der Waals surface area contributed by atoms with E-state index in [0.29, 0.717) is 31.7 Å². The SMILES string of the molecule is CCOc1ccccc1C1c2[nH]c3ccccc3c2CC2C(=O)N(CCc3ccc(F)cc3)CC(=O)N21. The zero-order chi connectivity index (χ0) is 25.5. The highest BCUT2D eigenvalue weighted by Crippen LogP contribution is 2.44. The Hall–Kier alpha value is -4.13. The summed E-state index contributed by atoms with van der Waals surface area (Å²) < 4.78 is 19.3. The Bertz CT molecular complexity index is 1480. The second kappa shape index (κ2) is 9.39.